The van der Waals surface area contributed by atoms with Crippen LogP contribution in [-0.4, -0.2) is 29.4 Å². The molecule has 2 aromatic carbocycles. The van der Waals surface area contributed by atoms with Gasteiger partial charge in [0.2, 0.25) is 11.8 Å². The molecule has 1 atom stereocenters. The van der Waals surface area contributed by atoms with Crippen LogP contribution in [0.3, 0.4) is 0 Å². The maximum atomic E-state index is 12.7. The Kier molecular flexibility index (Phi) is 4.29. The number of halogens is 3. The molecule has 2 amide bonds. The van der Waals surface area contributed by atoms with Crippen LogP contribution < -0.4 is 10.6 Å². The molecular weight excluding hydrogens is 375 g/mol. The zero-order valence-electron chi connectivity index (χ0n) is 14.3. The highest BCUT2D eigenvalue weighted by molar-refractivity contribution is 6.00. The Morgan fingerprint density at radius 1 is 1.18 bits per heavy atom. The van der Waals surface area contributed by atoms with Crippen molar-refractivity contribution in [2.24, 2.45) is 0 Å². The van der Waals surface area contributed by atoms with E-state index >= 15 is 0 Å². The van der Waals surface area contributed by atoms with Crippen LogP contribution in [0.5, 0.6) is 0 Å². The number of fused-ring (bicyclic) bond motifs is 1. The first-order valence-corrected chi connectivity index (χ1v) is 8.48. The summed E-state index contributed by atoms with van der Waals surface area (Å²) in [6, 6.07) is 8.49. The van der Waals surface area contributed by atoms with Gasteiger partial charge in [-0.3, -0.25) is 9.59 Å². The van der Waals surface area contributed by atoms with Crippen LogP contribution in [0.25, 0.3) is 22.6 Å². The van der Waals surface area contributed by atoms with Crippen molar-refractivity contribution in [3.05, 3.63) is 53.6 Å². The molecule has 144 valence electrons. The van der Waals surface area contributed by atoms with Crippen molar-refractivity contribution in [3.8, 4) is 11.5 Å². The number of oxazole rings is 1. The number of carbonyl (C=O) groups is 2. The lowest BCUT2D eigenvalue weighted by Gasteiger charge is -2.09. The fourth-order valence-electron chi connectivity index (χ4n) is 2.97. The van der Waals surface area contributed by atoms with Crippen LogP contribution in [0.15, 0.2) is 46.9 Å². The number of alkyl halides is 3. The van der Waals surface area contributed by atoms with Gasteiger partial charge in [0.05, 0.1) is 5.56 Å². The first kappa shape index (κ1) is 18.0. The molecule has 0 saturated carbocycles. The van der Waals surface area contributed by atoms with E-state index in [2.05, 4.69) is 15.6 Å². The van der Waals surface area contributed by atoms with E-state index in [-0.39, 0.29) is 11.8 Å². The molecule has 28 heavy (non-hydrogen) atoms. The fourth-order valence-corrected chi connectivity index (χ4v) is 2.97. The number of nitrogens with one attached hydrogen (secondary N) is 2. The summed E-state index contributed by atoms with van der Waals surface area (Å²) in [5, 5.41) is 5.29. The first-order valence-electron chi connectivity index (χ1n) is 8.48. The SMILES string of the molecule is O=C(N[C@@H]1CCNC1=O)c1ccc2oc(-c3ccc(C(F)(F)F)cc3)nc2c1. The molecule has 0 unspecified atom stereocenters. The maximum Gasteiger partial charge on any atom is 0.416 e. The third kappa shape index (κ3) is 3.42. The van der Waals surface area contributed by atoms with Crippen molar-refractivity contribution in [2.45, 2.75) is 18.6 Å². The summed E-state index contributed by atoms with van der Waals surface area (Å²) in [6.45, 7) is 0.516. The van der Waals surface area contributed by atoms with Crippen molar-refractivity contribution in [3.63, 3.8) is 0 Å². The molecule has 1 aliphatic heterocycles. The zero-order valence-corrected chi connectivity index (χ0v) is 14.3. The van der Waals surface area contributed by atoms with Crippen LogP contribution in [0.4, 0.5) is 13.2 Å². The highest BCUT2D eigenvalue weighted by atomic mass is 19.4. The molecule has 1 aliphatic rings. The predicted molar refractivity (Wildman–Crippen MR) is 93.3 cm³/mol. The van der Waals surface area contributed by atoms with Gasteiger partial charge in [-0.05, 0) is 48.9 Å². The highest BCUT2D eigenvalue weighted by Gasteiger charge is 2.30. The molecule has 0 bridgehead atoms. The van der Waals surface area contributed by atoms with Gasteiger partial charge >= 0.3 is 6.18 Å². The molecule has 6 nitrogen and oxygen atoms in total. The van der Waals surface area contributed by atoms with Gasteiger partial charge in [0.1, 0.15) is 11.6 Å². The summed E-state index contributed by atoms with van der Waals surface area (Å²) in [5.41, 5.74) is 0.711. The second-order valence-corrected chi connectivity index (χ2v) is 6.38. The van der Waals surface area contributed by atoms with Crippen molar-refractivity contribution in [2.75, 3.05) is 6.54 Å². The minimum atomic E-state index is -4.42. The first-order chi connectivity index (χ1) is 13.3. The lowest BCUT2D eigenvalue weighted by atomic mass is 10.1. The van der Waals surface area contributed by atoms with Gasteiger partial charge in [0.15, 0.2) is 5.58 Å². The number of aromatic nitrogens is 1. The van der Waals surface area contributed by atoms with Crippen LogP contribution in [0.2, 0.25) is 0 Å². The van der Waals surface area contributed by atoms with Gasteiger partial charge in [0, 0.05) is 17.7 Å². The zero-order chi connectivity index (χ0) is 19.9. The Hall–Kier alpha value is -3.36. The minimum absolute atomic E-state index is 0.149. The smallest absolute Gasteiger partial charge is 0.416 e. The number of hydrogen-bond acceptors (Lipinski definition) is 4. The quantitative estimate of drug-likeness (QED) is 0.721. The Bertz CT molecular complexity index is 1060. The molecule has 4 rings (SSSR count). The average molecular weight is 389 g/mol. The predicted octanol–water partition coefficient (Wildman–Crippen LogP) is 3.13. The average Bonchev–Trinajstić information content (AvgIpc) is 3.26. The van der Waals surface area contributed by atoms with Crippen LogP contribution in [0.1, 0.15) is 22.3 Å². The summed E-state index contributed by atoms with van der Waals surface area (Å²) >= 11 is 0. The molecule has 0 radical (unpaired) electrons. The number of benzene rings is 2. The molecule has 0 aliphatic carbocycles. The van der Waals surface area contributed by atoms with Crippen LogP contribution in [-0.2, 0) is 11.0 Å². The van der Waals surface area contributed by atoms with Gasteiger partial charge in [-0.1, -0.05) is 0 Å². The van der Waals surface area contributed by atoms with Gasteiger partial charge in [-0.15, -0.1) is 0 Å². The lowest BCUT2D eigenvalue weighted by Crippen LogP contribution is -2.40. The molecule has 0 spiro atoms. The largest absolute Gasteiger partial charge is 0.436 e. The topological polar surface area (TPSA) is 84.2 Å². The van der Waals surface area contributed by atoms with Crippen molar-refractivity contribution >= 4 is 22.9 Å². The van der Waals surface area contributed by atoms with E-state index in [1.807, 2.05) is 0 Å². The highest BCUT2D eigenvalue weighted by Crippen LogP contribution is 2.31. The van der Waals surface area contributed by atoms with Crippen LogP contribution in [0, 0.1) is 0 Å². The number of carbonyl (C=O) groups excluding carboxylic acids is 2. The molecular formula is C19H14F3N3O3. The van der Waals surface area contributed by atoms with Gasteiger partial charge in [-0.25, -0.2) is 4.98 Å². The summed E-state index contributed by atoms with van der Waals surface area (Å²) in [6.07, 6.45) is -3.90. The molecule has 1 aromatic heterocycles. The maximum absolute atomic E-state index is 12.7. The second kappa shape index (κ2) is 6.66. The normalized spacial score (nSPS) is 17.0. The Morgan fingerprint density at radius 2 is 1.93 bits per heavy atom. The third-order valence-corrected chi connectivity index (χ3v) is 4.46. The van der Waals surface area contributed by atoms with E-state index < -0.39 is 23.7 Å². The summed E-state index contributed by atoms with van der Waals surface area (Å²) in [5.74, 6) is -0.486. The van der Waals surface area contributed by atoms with Gasteiger partial charge in [-0.2, -0.15) is 13.2 Å². The third-order valence-electron chi connectivity index (χ3n) is 4.46. The number of nitrogens with zero attached hydrogens (tertiary/aromatic N) is 1. The Morgan fingerprint density at radius 3 is 2.57 bits per heavy atom. The summed E-state index contributed by atoms with van der Waals surface area (Å²) in [7, 11) is 0. The molecule has 2 N–H and O–H groups in total. The molecule has 3 aromatic rings. The van der Waals surface area contributed by atoms with E-state index in [0.29, 0.717) is 35.2 Å². The Balaban J connectivity index is 1.58. The van der Waals surface area contributed by atoms with Crippen molar-refractivity contribution in [1.82, 2.24) is 15.6 Å². The monoisotopic (exact) mass is 389 g/mol. The summed E-state index contributed by atoms with van der Waals surface area (Å²) in [4.78, 5) is 28.2. The van der Waals surface area contributed by atoms with E-state index in [9.17, 15) is 22.8 Å². The number of rotatable bonds is 3. The fraction of sp³-hybridized carbons (Fsp3) is 0.211. The van der Waals surface area contributed by atoms with Crippen molar-refractivity contribution in [1.29, 1.82) is 0 Å². The molecule has 9 heteroatoms. The molecule has 1 fully saturated rings. The van der Waals surface area contributed by atoms with E-state index in [0.717, 1.165) is 12.1 Å². The Labute approximate surface area is 156 Å². The minimum Gasteiger partial charge on any atom is -0.436 e. The number of amides is 2. The van der Waals surface area contributed by atoms with Crippen LogP contribution >= 0.6 is 0 Å². The second-order valence-electron chi connectivity index (χ2n) is 6.38. The van der Waals surface area contributed by atoms with Gasteiger partial charge < -0.3 is 15.1 Å². The van der Waals surface area contributed by atoms with E-state index in [1.165, 1.54) is 24.3 Å². The standard InChI is InChI=1S/C19H14F3N3O3/c20-19(21,22)12-4-1-10(2-5-12)18-25-14-9-11(3-6-15(14)28-18)16(26)24-13-7-8-23-17(13)27/h1-6,9,13H,7-8H2,(H,23,27)(H,24,26)/t13-/m1/s1. The van der Waals surface area contributed by atoms with E-state index in [1.54, 1.807) is 6.07 Å². The number of hydrogen-bond donors (Lipinski definition) is 2. The van der Waals surface area contributed by atoms with Crippen molar-refractivity contribution < 1.29 is 27.2 Å². The summed E-state index contributed by atoms with van der Waals surface area (Å²) < 4.78 is 43.6. The van der Waals surface area contributed by atoms with Gasteiger partial charge in [0.25, 0.3) is 5.91 Å². The lowest BCUT2D eigenvalue weighted by molar-refractivity contribution is -0.137. The molecule has 1 saturated heterocycles. The van der Waals surface area contributed by atoms with E-state index in [4.69, 9.17) is 4.42 Å². The molecule has 2 heterocycles.